The number of aliphatic imine (C=N–C) groups is 1. The fourth-order valence-corrected chi connectivity index (χ4v) is 3.28. The van der Waals surface area contributed by atoms with Crippen LogP contribution in [0.4, 0.5) is 23.4 Å². The summed E-state index contributed by atoms with van der Waals surface area (Å²) >= 11 is 0. The Labute approximate surface area is 209 Å². The lowest BCUT2D eigenvalue weighted by Crippen LogP contribution is -2.32. The van der Waals surface area contributed by atoms with Crippen molar-refractivity contribution in [2.45, 2.75) is 53.1 Å². The minimum Gasteiger partial charge on any atom is -0.365 e. The van der Waals surface area contributed by atoms with Gasteiger partial charge in [0.15, 0.2) is 0 Å². The summed E-state index contributed by atoms with van der Waals surface area (Å²) in [5, 5.41) is 4.61. The molecule has 1 N–H and O–H groups in total. The van der Waals surface area contributed by atoms with Crippen LogP contribution in [0, 0.1) is 5.82 Å². The number of benzene rings is 1. The molecular formula is C28H32F4N4. The van der Waals surface area contributed by atoms with Crippen LogP contribution in [0.2, 0.25) is 0 Å². The summed E-state index contributed by atoms with van der Waals surface area (Å²) in [4.78, 5) is 12.4. The van der Waals surface area contributed by atoms with Crippen molar-refractivity contribution in [2.75, 3.05) is 11.9 Å². The third kappa shape index (κ3) is 8.59. The van der Waals surface area contributed by atoms with Gasteiger partial charge in [-0.2, -0.15) is 13.2 Å². The predicted octanol–water partition coefficient (Wildman–Crippen LogP) is 6.37. The Morgan fingerprint density at radius 2 is 1.78 bits per heavy atom. The van der Waals surface area contributed by atoms with E-state index < -0.39 is 11.9 Å². The van der Waals surface area contributed by atoms with Gasteiger partial charge in [0, 0.05) is 18.0 Å². The van der Waals surface area contributed by atoms with Crippen LogP contribution in [0.25, 0.3) is 17.7 Å². The molecule has 0 unspecified atom stereocenters. The van der Waals surface area contributed by atoms with E-state index in [1.165, 1.54) is 24.7 Å². The number of nitrogens with zero attached hydrogens (tertiary/aromatic N) is 3. The normalized spacial score (nSPS) is 14.7. The number of anilines is 1. The van der Waals surface area contributed by atoms with E-state index in [-0.39, 0.29) is 12.4 Å². The Bertz CT molecular complexity index is 1240. The first kappa shape index (κ1) is 28.7. The second-order valence-electron chi connectivity index (χ2n) is 7.88. The van der Waals surface area contributed by atoms with E-state index in [1.54, 1.807) is 25.1 Å². The van der Waals surface area contributed by atoms with Gasteiger partial charge in [0.1, 0.15) is 23.7 Å². The van der Waals surface area contributed by atoms with Crippen LogP contribution >= 0.6 is 0 Å². The van der Waals surface area contributed by atoms with Crippen molar-refractivity contribution in [2.24, 2.45) is 4.99 Å². The average Bonchev–Trinajstić information content (AvgIpc) is 2.85. The number of hydrogen-bond donors (Lipinski definition) is 1. The number of nitrogens with one attached hydrogen (secondary N) is 1. The summed E-state index contributed by atoms with van der Waals surface area (Å²) in [6, 6.07) is 6.22. The average molecular weight is 501 g/mol. The fourth-order valence-electron chi connectivity index (χ4n) is 3.28. The molecule has 0 amide bonds. The van der Waals surface area contributed by atoms with Crippen molar-refractivity contribution in [3.8, 4) is 0 Å². The van der Waals surface area contributed by atoms with E-state index in [0.29, 0.717) is 29.6 Å². The highest BCUT2D eigenvalue weighted by Crippen LogP contribution is 2.27. The number of allylic oxidation sites excluding steroid dienone is 5. The zero-order chi connectivity index (χ0) is 26.6. The van der Waals surface area contributed by atoms with Gasteiger partial charge in [0.05, 0.1) is 5.35 Å². The first-order valence-corrected chi connectivity index (χ1v) is 11.9. The molecule has 0 fully saturated rings. The second-order valence-corrected chi connectivity index (χ2v) is 7.88. The topological polar surface area (TPSA) is 50.2 Å². The molecule has 1 heterocycles. The molecule has 192 valence electrons. The highest BCUT2D eigenvalue weighted by atomic mass is 19.4. The van der Waals surface area contributed by atoms with E-state index in [2.05, 4.69) is 20.3 Å². The zero-order valence-corrected chi connectivity index (χ0v) is 21.0. The van der Waals surface area contributed by atoms with Crippen molar-refractivity contribution < 1.29 is 17.6 Å². The zero-order valence-electron chi connectivity index (χ0n) is 21.0. The number of unbranched alkanes of at least 4 members (excludes halogenated alkanes) is 1. The SMILES string of the molecule is C\C=C(/C=N/C(=C/CCC)C(F)(F)F)CNc1ncnc(=C/C)/c1=C\C(=C\CC)c1ccc(F)cc1. The lowest BCUT2D eigenvalue weighted by atomic mass is 10.0. The highest BCUT2D eigenvalue weighted by Gasteiger charge is 2.33. The largest absolute Gasteiger partial charge is 0.433 e. The highest BCUT2D eigenvalue weighted by molar-refractivity contribution is 5.89. The number of halogens is 4. The van der Waals surface area contributed by atoms with Crippen LogP contribution in [-0.2, 0) is 0 Å². The van der Waals surface area contributed by atoms with Crippen LogP contribution < -0.4 is 15.9 Å². The lowest BCUT2D eigenvalue weighted by Gasteiger charge is -2.10. The van der Waals surface area contributed by atoms with E-state index in [0.717, 1.165) is 28.9 Å². The predicted molar refractivity (Wildman–Crippen MR) is 140 cm³/mol. The molecule has 4 nitrogen and oxygen atoms in total. The van der Waals surface area contributed by atoms with Gasteiger partial charge < -0.3 is 5.32 Å². The summed E-state index contributed by atoms with van der Waals surface area (Å²) in [6.07, 6.45) is 8.39. The third-order valence-corrected chi connectivity index (χ3v) is 5.21. The molecule has 0 saturated heterocycles. The molecule has 2 rings (SSSR count). The molecule has 0 spiro atoms. The summed E-state index contributed by atoms with van der Waals surface area (Å²) in [5.74, 6) is 0.203. The van der Waals surface area contributed by atoms with Gasteiger partial charge >= 0.3 is 6.18 Å². The quantitative estimate of drug-likeness (QED) is 0.305. The smallest absolute Gasteiger partial charge is 0.365 e. The fraction of sp³-hybridized carbons (Fsp3) is 0.321. The summed E-state index contributed by atoms with van der Waals surface area (Å²) in [7, 11) is 0. The number of hydrogen-bond acceptors (Lipinski definition) is 4. The minimum absolute atomic E-state index is 0.212. The first-order chi connectivity index (χ1) is 17.2. The molecular weight excluding hydrogens is 468 g/mol. The van der Waals surface area contributed by atoms with E-state index >= 15 is 0 Å². The summed E-state index contributed by atoms with van der Waals surface area (Å²) < 4.78 is 53.2. The van der Waals surface area contributed by atoms with E-state index in [1.807, 2.05) is 39.0 Å². The molecule has 0 saturated carbocycles. The van der Waals surface area contributed by atoms with Gasteiger partial charge in [-0.05, 0) is 61.6 Å². The number of alkyl halides is 3. The molecule has 0 radical (unpaired) electrons. The lowest BCUT2D eigenvalue weighted by molar-refractivity contribution is -0.0925. The van der Waals surface area contributed by atoms with Crippen LogP contribution in [0.3, 0.4) is 0 Å². The Balaban J connectivity index is 2.41. The van der Waals surface area contributed by atoms with Crippen molar-refractivity contribution in [1.29, 1.82) is 0 Å². The molecule has 0 atom stereocenters. The first-order valence-electron chi connectivity index (χ1n) is 11.9. The molecule has 0 aliphatic carbocycles. The molecule has 1 aromatic carbocycles. The molecule has 8 heteroatoms. The minimum atomic E-state index is -4.51. The number of rotatable bonds is 10. The van der Waals surface area contributed by atoms with Gasteiger partial charge in [0.2, 0.25) is 0 Å². The molecule has 0 bridgehead atoms. The van der Waals surface area contributed by atoms with Crippen LogP contribution in [0.1, 0.15) is 52.5 Å². The second kappa shape index (κ2) is 14.1. The van der Waals surface area contributed by atoms with Crippen molar-refractivity contribution in [1.82, 2.24) is 9.97 Å². The Hall–Kier alpha value is -3.55. The van der Waals surface area contributed by atoms with Gasteiger partial charge in [-0.25, -0.2) is 14.4 Å². The molecule has 2 aromatic rings. The molecule has 1 aromatic heterocycles. The van der Waals surface area contributed by atoms with Gasteiger partial charge in [0.25, 0.3) is 0 Å². The van der Waals surface area contributed by atoms with Crippen LogP contribution in [0.15, 0.2) is 65.1 Å². The Morgan fingerprint density at radius 3 is 2.36 bits per heavy atom. The standard InChI is InChI=1S/C28H32F4N4/c1-5-9-11-26(28(30,31)32)33-17-20(7-3)18-34-27-24(25(8-4)35-19-36-27)16-22(10-6-2)21-12-14-23(29)15-13-21/h7-8,10-17,19H,5-6,9,18H2,1-4H3,(H,34,35,36)/b20-7+,22-10-,24-16+,25-8+,26-11+,33-17+. The Kier molecular flexibility index (Phi) is 11.2. The van der Waals surface area contributed by atoms with Gasteiger partial charge in [-0.15, -0.1) is 0 Å². The maximum absolute atomic E-state index is 13.4. The van der Waals surface area contributed by atoms with Crippen molar-refractivity contribution in [3.63, 3.8) is 0 Å². The van der Waals surface area contributed by atoms with Crippen LogP contribution in [-0.4, -0.2) is 28.9 Å². The summed E-state index contributed by atoms with van der Waals surface area (Å²) in [6.45, 7) is 7.62. The molecule has 0 aliphatic rings. The van der Waals surface area contributed by atoms with Crippen LogP contribution in [0.5, 0.6) is 0 Å². The van der Waals surface area contributed by atoms with Crippen molar-refractivity contribution in [3.05, 3.63) is 82.0 Å². The maximum atomic E-state index is 13.4. The molecule has 0 aliphatic heterocycles. The molecule has 36 heavy (non-hydrogen) atoms. The van der Waals surface area contributed by atoms with E-state index in [9.17, 15) is 17.6 Å². The number of aromatic nitrogens is 2. The van der Waals surface area contributed by atoms with Gasteiger partial charge in [-0.1, -0.05) is 56.7 Å². The monoisotopic (exact) mass is 500 g/mol. The van der Waals surface area contributed by atoms with Crippen molar-refractivity contribution >= 4 is 29.8 Å². The Morgan fingerprint density at radius 1 is 1.06 bits per heavy atom. The summed E-state index contributed by atoms with van der Waals surface area (Å²) in [5.41, 5.74) is 1.38. The van der Waals surface area contributed by atoms with E-state index in [4.69, 9.17) is 0 Å². The van der Waals surface area contributed by atoms with Gasteiger partial charge in [-0.3, -0.25) is 4.99 Å². The maximum Gasteiger partial charge on any atom is 0.433 e. The third-order valence-electron chi connectivity index (χ3n) is 5.21.